The van der Waals surface area contributed by atoms with Crippen LogP contribution in [0.25, 0.3) is 11.4 Å². The number of nitrogens with two attached hydrogens (primary N) is 5. The van der Waals surface area contributed by atoms with Gasteiger partial charge in [-0.2, -0.15) is 15.4 Å². The average Bonchev–Trinajstić information content (AvgIpc) is 0.954. The molecule has 7 heterocycles. The number of rotatable bonds is 23. The number of aliphatic hydroxyl groups is 3. The number of azo groups is 2. The van der Waals surface area contributed by atoms with Gasteiger partial charge in [-0.25, -0.2) is 94.5 Å². The van der Waals surface area contributed by atoms with Gasteiger partial charge in [0.05, 0.1) is 74.0 Å². The molecule has 17 N–H and O–H groups in total. The summed E-state index contributed by atoms with van der Waals surface area (Å²) in [6, 6.07) is 7.02. The number of piperazine rings is 1. The van der Waals surface area contributed by atoms with E-state index in [4.69, 9.17) is 36.4 Å². The number of primary sulfonamides is 3. The van der Waals surface area contributed by atoms with E-state index in [1.807, 2.05) is 4.90 Å². The smallest absolute Gasteiger partial charge is 0.242 e. The number of ether oxygens (including phenoxy) is 2. The third-order valence-corrected chi connectivity index (χ3v) is 24.6. The Labute approximate surface area is 565 Å². The van der Waals surface area contributed by atoms with Crippen LogP contribution in [0, 0.1) is 0 Å². The summed E-state index contributed by atoms with van der Waals surface area (Å²) in [6.45, 7) is 5.36. The van der Waals surface area contributed by atoms with Crippen LogP contribution >= 0.6 is 0 Å². The van der Waals surface area contributed by atoms with E-state index in [9.17, 15) is 70.2 Å². The van der Waals surface area contributed by atoms with E-state index in [2.05, 4.69) is 70.1 Å². The number of anilines is 3. The number of tetrazole rings is 1. The van der Waals surface area contributed by atoms with Gasteiger partial charge in [-0.05, 0) is 67.3 Å². The quantitative estimate of drug-likeness (QED) is 0.0337. The van der Waals surface area contributed by atoms with Gasteiger partial charge in [0.15, 0.2) is 25.0 Å². The van der Waals surface area contributed by atoms with Crippen LogP contribution < -0.4 is 55.8 Å². The predicted molar refractivity (Wildman–Crippen MR) is 351 cm³/mol. The lowest BCUT2D eigenvalue weighted by molar-refractivity contribution is -0.0117. The number of nitrogens with one attached hydrogen (secondary N) is 4. The summed E-state index contributed by atoms with van der Waals surface area (Å²) < 4.78 is 187. The Morgan fingerprint density at radius 1 is 0.653 bits per heavy atom. The van der Waals surface area contributed by atoms with Crippen molar-refractivity contribution < 1.29 is 79.7 Å². The van der Waals surface area contributed by atoms with E-state index in [0.717, 1.165) is 32.0 Å². The van der Waals surface area contributed by atoms with Gasteiger partial charge in [0.1, 0.15) is 35.5 Å². The normalized spacial score (nSPS) is 22.0. The Balaban J connectivity index is 0.000000172. The number of hydrogen-bond donors (Lipinski definition) is 12. The zero-order chi connectivity index (χ0) is 71.1. The largest absolute Gasteiger partial charge is 0.394 e. The topological polar surface area (TPSA) is 592 Å². The molecule has 98 heavy (non-hydrogen) atoms. The lowest BCUT2D eigenvalue weighted by Gasteiger charge is -2.45. The molecule has 6 atom stereocenters. The van der Waals surface area contributed by atoms with E-state index in [0.29, 0.717) is 70.0 Å². The number of alkyl halides is 1. The SMILES string of the molecule is CC[C@@H](O)CNS(=O)(=O)c1ccc(N2CC[C@@H](N)[C@@H](F)C2)c(C2=NCN=N2)c1S(N)(=O)=O.NC[C@@H](O)CNS(=O)(=O)c1ccc(N2CCN3CCOCC3C2)c(C2=NCN=N2)c1S(N)(=O)=O.NS(=O)(=O)c1c(S(=O)(=O)NC2CCCC2)ccc(N2CCOC(CO)C2)c1-c1nn[nH]n1. The number of aliphatic hydroxyl groups excluding tert-OH is 3. The molecule has 2 unspecified atom stereocenters. The zero-order valence-electron chi connectivity index (χ0n) is 52.9. The van der Waals surface area contributed by atoms with E-state index in [1.165, 1.54) is 30.3 Å². The van der Waals surface area contributed by atoms with Crippen molar-refractivity contribution in [2.45, 2.75) is 117 Å². The third-order valence-electron chi connectivity index (χ3n) is 16.8. The van der Waals surface area contributed by atoms with Crippen molar-refractivity contribution in [3.8, 4) is 11.4 Å². The molecule has 1 saturated carbocycles. The highest BCUT2D eigenvalue weighted by atomic mass is 32.2. The van der Waals surface area contributed by atoms with Crippen LogP contribution in [0.15, 0.2) is 96.2 Å². The molecule has 0 spiro atoms. The van der Waals surface area contributed by atoms with Crippen molar-refractivity contribution in [3.05, 3.63) is 47.5 Å². The van der Waals surface area contributed by atoms with Crippen molar-refractivity contribution in [2.24, 2.45) is 57.3 Å². The van der Waals surface area contributed by atoms with Gasteiger partial charge >= 0.3 is 0 Å². The number of benzene rings is 3. The van der Waals surface area contributed by atoms with Crippen LogP contribution in [0.1, 0.15) is 56.6 Å². The predicted octanol–water partition coefficient (Wildman–Crippen LogP) is -4.02. The fourth-order valence-corrected chi connectivity index (χ4v) is 20.1. The lowest BCUT2D eigenvalue weighted by Crippen LogP contribution is -2.58. The molecule has 542 valence electrons. The van der Waals surface area contributed by atoms with Crippen molar-refractivity contribution in [2.75, 3.05) is 126 Å². The first-order chi connectivity index (χ1) is 46.3. The number of morpholine rings is 2. The summed E-state index contributed by atoms with van der Waals surface area (Å²) in [6.07, 6.45) is -0.247. The number of sulfonamides is 6. The number of H-pyrrole nitrogens is 1. The Morgan fingerprint density at radius 2 is 1.17 bits per heavy atom. The number of hydrogen-bond acceptors (Lipinski definition) is 32. The van der Waals surface area contributed by atoms with E-state index < -0.39 is 127 Å². The Morgan fingerprint density at radius 3 is 1.66 bits per heavy atom. The highest BCUT2D eigenvalue weighted by Gasteiger charge is 2.40. The van der Waals surface area contributed by atoms with Gasteiger partial charge in [-0.15, -0.1) is 20.4 Å². The Hall–Kier alpha value is -6.26. The molecule has 4 saturated heterocycles. The van der Waals surface area contributed by atoms with E-state index in [-0.39, 0.29) is 111 Å². The maximum absolute atomic E-state index is 14.3. The first kappa shape index (κ1) is 75.9. The molecule has 46 heteroatoms. The molecule has 0 radical (unpaired) electrons. The minimum Gasteiger partial charge on any atom is -0.394 e. The van der Waals surface area contributed by atoms with Crippen molar-refractivity contribution in [1.82, 2.24) is 39.7 Å². The number of piperidine rings is 1. The molecule has 5 fully saturated rings. The molecule has 7 aliphatic rings. The van der Waals surface area contributed by atoms with Crippen LogP contribution in [0.2, 0.25) is 0 Å². The van der Waals surface area contributed by atoms with E-state index >= 15 is 0 Å². The van der Waals surface area contributed by atoms with Crippen LogP contribution in [0.4, 0.5) is 21.5 Å². The standard InChI is InChI=1S/C18H28N8O6S2.C17H26FN7O5S2.C17H25N7O6S2/c19-7-13(27)8-23-34(30,31)15-2-1-14(26-4-3-25-5-6-32-10-12(25)9-26)16(17(15)33(20,28)29)18-21-11-22-24-18;1-2-10(26)7-23-32(29,30)14-4-3-13(25-6-5-12(19)11(18)8-25)15(16(14)31(20,27)28)17-21-9-22-24-17;18-31(26,27)16-14(32(28,29)21-11-3-1-2-4-11)6-5-13(15(16)17-19-22-23-20-17)24-7-8-30-12(9-24)10-25/h1-2,12-13,23,27H,3-11,19H2,(H2,20,28,29);3-4,10-12,23,26H,2,5-9,19H2,1H3,(H2,20,27,28);5-6,11-12,21,25H,1-4,7-10H2,(H2,18,26,27)(H,19,20,22,23)/t12?,13-;10-,11+,12-;/m11./s1. The summed E-state index contributed by atoms with van der Waals surface area (Å²) in [4.78, 5) is 12.2. The number of halogens is 1. The molecule has 0 bridgehead atoms. The number of aromatic amines is 1. The lowest BCUT2D eigenvalue weighted by atomic mass is 10.0. The summed E-state index contributed by atoms with van der Waals surface area (Å²) in [7, 11) is -26.7. The second kappa shape index (κ2) is 31.7. The van der Waals surface area contributed by atoms with E-state index in [1.54, 1.807) is 16.7 Å². The van der Waals surface area contributed by atoms with Gasteiger partial charge in [0.2, 0.25) is 66.0 Å². The monoisotopic (exact) mass is 1490 g/mol. The third kappa shape index (κ3) is 17.9. The molecule has 3 aromatic carbocycles. The van der Waals surface area contributed by atoms with Crippen LogP contribution in [-0.2, 0) is 69.6 Å². The Kier molecular flexibility index (Phi) is 24.6. The number of aromatic nitrogens is 4. The van der Waals surface area contributed by atoms with Crippen LogP contribution in [0.3, 0.4) is 0 Å². The number of aliphatic imine (C=N–C) groups is 2. The molecule has 1 aliphatic carbocycles. The molecule has 1 aromatic heterocycles. The van der Waals surface area contributed by atoms with Gasteiger partial charge < -0.3 is 51.0 Å². The van der Waals surface area contributed by atoms with Crippen LogP contribution in [0.5, 0.6) is 0 Å². The Bertz CT molecular complexity index is 4390. The van der Waals surface area contributed by atoms with Crippen molar-refractivity contribution in [1.29, 1.82) is 0 Å². The summed E-state index contributed by atoms with van der Waals surface area (Å²) in [5, 5.41) is 74.2. The second-order valence-electron chi connectivity index (χ2n) is 23.5. The summed E-state index contributed by atoms with van der Waals surface area (Å²) in [5.74, 6) is -0.255. The summed E-state index contributed by atoms with van der Waals surface area (Å²) in [5.41, 5.74) is 11.8. The molecule has 0 amide bonds. The maximum Gasteiger partial charge on any atom is 0.242 e. The zero-order valence-corrected chi connectivity index (χ0v) is 57.8. The first-order valence-corrected chi connectivity index (χ1v) is 39.8. The number of fused-ring (bicyclic) bond motifs is 1. The van der Waals surface area contributed by atoms with Gasteiger partial charge in [-0.3, -0.25) is 4.90 Å². The van der Waals surface area contributed by atoms with Crippen molar-refractivity contribution >= 4 is 88.9 Å². The molecular formula is C52H79FN22O17S6. The fourth-order valence-electron chi connectivity index (χ4n) is 11.8. The minimum atomic E-state index is -4.62. The molecule has 6 aliphatic heterocycles. The molecule has 39 nitrogen and oxygen atoms in total. The highest BCUT2D eigenvalue weighted by molar-refractivity contribution is 7.93. The molecular weight excluding hydrogens is 1420 g/mol. The highest BCUT2D eigenvalue weighted by Crippen LogP contribution is 2.41. The van der Waals surface area contributed by atoms with Gasteiger partial charge in [-0.1, -0.05) is 19.8 Å². The first-order valence-electron chi connectivity index (χ1n) is 30.7. The van der Waals surface area contributed by atoms with Gasteiger partial charge in [0, 0.05) is 94.6 Å². The van der Waals surface area contributed by atoms with Crippen molar-refractivity contribution in [3.63, 3.8) is 0 Å². The second-order valence-corrected chi connectivity index (χ2v) is 33.1. The maximum atomic E-state index is 14.3. The number of nitrogens with zero attached hydrogens (tertiary/aromatic N) is 13. The molecule has 4 aromatic rings. The number of amidine groups is 2. The molecule has 11 rings (SSSR count). The fraction of sp³-hybridized carbons (Fsp3) is 0.596. The summed E-state index contributed by atoms with van der Waals surface area (Å²) >= 11 is 0. The average molecular weight is 1500 g/mol. The van der Waals surface area contributed by atoms with Gasteiger partial charge in [0.25, 0.3) is 0 Å². The minimum absolute atomic E-state index is 0.0129. The van der Waals surface area contributed by atoms with Crippen LogP contribution in [-0.4, -0.2) is 257 Å².